The van der Waals surface area contributed by atoms with Crippen molar-refractivity contribution in [2.45, 2.75) is 50.2 Å². The fourth-order valence-corrected chi connectivity index (χ4v) is 4.49. The molecule has 0 radical (unpaired) electrons. The molecule has 0 aromatic heterocycles. The lowest BCUT2D eigenvalue weighted by Gasteiger charge is -2.53. The van der Waals surface area contributed by atoms with Gasteiger partial charge in [0.2, 0.25) is 0 Å². The average molecular weight is 354 g/mol. The number of ether oxygens (including phenoxy) is 2. The van der Waals surface area contributed by atoms with Crippen molar-refractivity contribution < 1.29 is 14.3 Å². The number of hydrogen-bond donors (Lipinski definition) is 0. The van der Waals surface area contributed by atoms with Crippen molar-refractivity contribution in [2.75, 3.05) is 26.3 Å². The van der Waals surface area contributed by atoms with E-state index >= 15 is 0 Å². The second-order valence-electron chi connectivity index (χ2n) is 7.98. The Balaban J connectivity index is 1.30. The van der Waals surface area contributed by atoms with Crippen LogP contribution in [0.5, 0.6) is 0 Å². The molecule has 1 amide bonds. The van der Waals surface area contributed by atoms with E-state index in [-0.39, 0.29) is 17.6 Å². The fourth-order valence-electron chi connectivity index (χ4n) is 4.49. The van der Waals surface area contributed by atoms with Gasteiger partial charge in [0, 0.05) is 25.2 Å². The van der Waals surface area contributed by atoms with E-state index in [1.54, 1.807) is 24.3 Å². The quantitative estimate of drug-likeness (QED) is 0.833. The first-order chi connectivity index (χ1) is 12.7. The van der Waals surface area contributed by atoms with Gasteiger partial charge in [-0.15, -0.1) is 0 Å². The zero-order chi connectivity index (χ0) is 18.0. The largest absolute Gasteiger partial charge is 0.378 e. The molecule has 2 heterocycles. The first-order valence-electron chi connectivity index (χ1n) is 9.72. The van der Waals surface area contributed by atoms with Crippen LogP contribution in [-0.2, 0) is 9.47 Å². The summed E-state index contributed by atoms with van der Waals surface area (Å²) in [5.74, 6) is 0.714. The van der Waals surface area contributed by atoms with Crippen molar-refractivity contribution >= 4 is 5.91 Å². The van der Waals surface area contributed by atoms with Crippen LogP contribution in [0.15, 0.2) is 24.3 Å². The summed E-state index contributed by atoms with van der Waals surface area (Å²) < 4.78 is 12.2. The van der Waals surface area contributed by atoms with Crippen molar-refractivity contribution in [3.05, 3.63) is 35.4 Å². The molecule has 1 saturated carbocycles. The Labute approximate surface area is 154 Å². The molecular formula is C21H26N2O3. The first kappa shape index (κ1) is 17.5. The van der Waals surface area contributed by atoms with Crippen LogP contribution in [0.3, 0.4) is 0 Å². The summed E-state index contributed by atoms with van der Waals surface area (Å²) >= 11 is 0. The number of nitriles is 1. The normalized spacial score (nSPS) is 25.0. The topological polar surface area (TPSA) is 62.6 Å². The van der Waals surface area contributed by atoms with Gasteiger partial charge in [-0.25, -0.2) is 0 Å². The molecule has 1 aliphatic carbocycles. The summed E-state index contributed by atoms with van der Waals surface area (Å²) in [7, 11) is 0. The number of likely N-dealkylation sites (tertiary alicyclic amines) is 1. The minimum Gasteiger partial charge on any atom is -0.378 e. The van der Waals surface area contributed by atoms with Crippen LogP contribution in [0.1, 0.15) is 54.4 Å². The van der Waals surface area contributed by atoms with E-state index in [0.717, 1.165) is 25.4 Å². The Morgan fingerprint density at radius 3 is 2.88 bits per heavy atom. The molecule has 2 saturated heterocycles. The molecule has 138 valence electrons. The lowest BCUT2D eigenvalue weighted by molar-refractivity contribution is -0.187. The number of rotatable bonds is 4. The highest BCUT2D eigenvalue weighted by atomic mass is 16.5. The number of carbonyl (C=O) groups excluding carboxylic acids is 1. The lowest BCUT2D eigenvalue weighted by atomic mass is 9.84. The molecule has 4 rings (SSSR count). The molecule has 1 atom stereocenters. The molecule has 3 fully saturated rings. The van der Waals surface area contributed by atoms with Gasteiger partial charge in [0.15, 0.2) is 0 Å². The van der Waals surface area contributed by atoms with Gasteiger partial charge in [0.1, 0.15) is 5.60 Å². The highest BCUT2D eigenvalue weighted by Gasteiger charge is 2.49. The third kappa shape index (κ3) is 3.62. The van der Waals surface area contributed by atoms with Crippen molar-refractivity contribution in [3.63, 3.8) is 0 Å². The number of amides is 1. The molecule has 0 N–H and O–H groups in total. The summed E-state index contributed by atoms with van der Waals surface area (Å²) in [6.07, 6.45) is 7.38. The predicted molar refractivity (Wildman–Crippen MR) is 96.7 cm³/mol. The van der Waals surface area contributed by atoms with E-state index in [2.05, 4.69) is 6.07 Å². The van der Waals surface area contributed by atoms with Crippen LogP contribution >= 0.6 is 0 Å². The highest BCUT2D eigenvalue weighted by molar-refractivity contribution is 5.95. The highest BCUT2D eigenvalue weighted by Crippen LogP contribution is 2.36. The maximum Gasteiger partial charge on any atom is 0.254 e. The summed E-state index contributed by atoms with van der Waals surface area (Å²) in [5.41, 5.74) is 0.852. The van der Waals surface area contributed by atoms with E-state index in [9.17, 15) is 4.79 Å². The lowest BCUT2D eigenvalue weighted by Crippen LogP contribution is -2.67. The second-order valence-corrected chi connectivity index (χ2v) is 7.98. The third-order valence-corrected chi connectivity index (χ3v) is 5.97. The van der Waals surface area contributed by atoms with E-state index in [1.807, 2.05) is 4.90 Å². The standard InChI is InChI=1S/C21H26N2O3/c22-12-17-6-3-7-18(10-17)20(24)23-14-21(15-23)11-19(8-9-26-21)25-13-16-4-1-2-5-16/h3,6-7,10,16,19H,1-2,4-5,8-9,11,13-15H2. The van der Waals surface area contributed by atoms with Gasteiger partial charge in [-0.05, 0) is 43.4 Å². The van der Waals surface area contributed by atoms with Gasteiger partial charge < -0.3 is 14.4 Å². The van der Waals surface area contributed by atoms with Gasteiger partial charge in [0.25, 0.3) is 5.91 Å². The van der Waals surface area contributed by atoms with Gasteiger partial charge in [0.05, 0.1) is 30.8 Å². The van der Waals surface area contributed by atoms with Crippen molar-refractivity contribution in [1.82, 2.24) is 4.90 Å². The second kappa shape index (κ2) is 7.38. The summed E-state index contributed by atoms with van der Waals surface area (Å²) in [4.78, 5) is 14.4. The Morgan fingerprint density at radius 1 is 1.31 bits per heavy atom. The van der Waals surface area contributed by atoms with E-state index in [0.29, 0.717) is 30.8 Å². The molecule has 0 bridgehead atoms. The molecule has 5 heteroatoms. The van der Waals surface area contributed by atoms with E-state index in [1.165, 1.54) is 25.7 Å². The van der Waals surface area contributed by atoms with Crippen LogP contribution in [-0.4, -0.2) is 48.8 Å². The monoisotopic (exact) mass is 354 g/mol. The first-order valence-corrected chi connectivity index (χ1v) is 9.72. The van der Waals surface area contributed by atoms with Gasteiger partial charge >= 0.3 is 0 Å². The molecule has 26 heavy (non-hydrogen) atoms. The van der Waals surface area contributed by atoms with Gasteiger partial charge in [-0.3, -0.25) is 4.79 Å². The van der Waals surface area contributed by atoms with Gasteiger partial charge in [-0.1, -0.05) is 18.9 Å². The van der Waals surface area contributed by atoms with Gasteiger partial charge in [-0.2, -0.15) is 5.26 Å². The van der Waals surface area contributed by atoms with Crippen LogP contribution in [0.25, 0.3) is 0 Å². The van der Waals surface area contributed by atoms with E-state index in [4.69, 9.17) is 14.7 Å². The maximum atomic E-state index is 12.6. The average Bonchev–Trinajstić information content (AvgIpc) is 3.18. The number of carbonyl (C=O) groups is 1. The Hall–Kier alpha value is -1.90. The number of benzene rings is 1. The Morgan fingerprint density at radius 2 is 2.12 bits per heavy atom. The van der Waals surface area contributed by atoms with Crippen LogP contribution in [0.4, 0.5) is 0 Å². The Bertz CT molecular complexity index is 699. The SMILES string of the molecule is N#Cc1cccc(C(=O)N2CC3(CC(OCC4CCCC4)CCO3)C2)c1. The number of nitrogens with zero attached hydrogens (tertiary/aromatic N) is 2. The van der Waals surface area contributed by atoms with Crippen LogP contribution in [0.2, 0.25) is 0 Å². The van der Waals surface area contributed by atoms with E-state index < -0.39 is 0 Å². The van der Waals surface area contributed by atoms with Crippen molar-refractivity contribution in [3.8, 4) is 6.07 Å². The minimum atomic E-state index is -0.235. The molecule has 1 spiro atoms. The molecule has 2 aliphatic heterocycles. The summed E-state index contributed by atoms with van der Waals surface area (Å²) in [5, 5.41) is 9.00. The molecule has 1 unspecified atom stereocenters. The van der Waals surface area contributed by atoms with Crippen molar-refractivity contribution in [1.29, 1.82) is 5.26 Å². The maximum absolute atomic E-state index is 12.6. The summed E-state index contributed by atoms with van der Waals surface area (Å²) in [6, 6.07) is 8.98. The fraction of sp³-hybridized carbons (Fsp3) is 0.619. The number of hydrogen-bond acceptors (Lipinski definition) is 4. The zero-order valence-electron chi connectivity index (χ0n) is 15.2. The third-order valence-electron chi connectivity index (χ3n) is 5.97. The summed E-state index contributed by atoms with van der Waals surface area (Å²) in [6.45, 7) is 2.82. The minimum absolute atomic E-state index is 0.0228. The smallest absolute Gasteiger partial charge is 0.254 e. The van der Waals surface area contributed by atoms with Crippen LogP contribution in [0, 0.1) is 17.2 Å². The molecule has 3 aliphatic rings. The predicted octanol–water partition coefficient (Wildman–Crippen LogP) is 3.14. The molecule has 5 nitrogen and oxygen atoms in total. The molecule has 1 aromatic carbocycles. The van der Waals surface area contributed by atoms with Crippen molar-refractivity contribution in [2.24, 2.45) is 5.92 Å². The Kier molecular flexibility index (Phi) is 4.97. The zero-order valence-corrected chi connectivity index (χ0v) is 15.2. The molecular weight excluding hydrogens is 328 g/mol. The van der Waals surface area contributed by atoms with Crippen LogP contribution < -0.4 is 0 Å². The molecule has 1 aromatic rings.